The summed E-state index contributed by atoms with van der Waals surface area (Å²) in [5.41, 5.74) is 3.33. The van der Waals surface area contributed by atoms with Crippen LogP contribution in [0.4, 0.5) is 11.5 Å². The number of carbonyl (C=O) groups excluding carboxylic acids is 3. The quantitative estimate of drug-likeness (QED) is 0.466. The Labute approximate surface area is 196 Å². The SMILES string of the molecule is Cc1ccc(NC(=O)CSC(C)C(=O)OCC(=O)Nc2cc(C)nn2-c2ccccc2)cc1. The molecule has 172 valence electrons. The van der Waals surface area contributed by atoms with Crippen molar-refractivity contribution in [2.24, 2.45) is 0 Å². The molecule has 2 N–H and O–H groups in total. The Hall–Kier alpha value is -3.59. The van der Waals surface area contributed by atoms with Crippen LogP contribution in [0.1, 0.15) is 18.2 Å². The monoisotopic (exact) mass is 466 g/mol. The molecule has 2 amide bonds. The Morgan fingerprint density at radius 1 is 1.00 bits per heavy atom. The van der Waals surface area contributed by atoms with Crippen LogP contribution in [0.5, 0.6) is 0 Å². The highest BCUT2D eigenvalue weighted by molar-refractivity contribution is 8.01. The first-order chi connectivity index (χ1) is 15.8. The molecule has 0 saturated carbocycles. The molecule has 1 aromatic heterocycles. The summed E-state index contributed by atoms with van der Waals surface area (Å²) < 4.78 is 6.73. The van der Waals surface area contributed by atoms with Crippen LogP contribution in [-0.2, 0) is 19.1 Å². The summed E-state index contributed by atoms with van der Waals surface area (Å²) in [5, 5.41) is 9.28. The minimum Gasteiger partial charge on any atom is -0.455 e. The number of hydrogen-bond donors (Lipinski definition) is 2. The number of amides is 2. The van der Waals surface area contributed by atoms with Crippen LogP contribution in [0.15, 0.2) is 60.7 Å². The van der Waals surface area contributed by atoms with Gasteiger partial charge in [-0.15, -0.1) is 11.8 Å². The van der Waals surface area contributed by atoms with Crippen LogP contribution in [-0.4, -0.2) is 45.2 Å². The predicted molar refractivity (Wildman–Crippen MR) is 130 cm³/mol. The van der Waals surface area contributed by atoms with Gasteiger partial charge in [0.2, 0.25) is 5.91 Å². The molecule has 0 fully saturated rings. The van der Waals surface area contributed by atoms with Crippen LogP contribution < -0.4 is 10.6 Å². The van der Waals surface area contributed by atoms with Crippen molar-refractivity contribution >= 4 is 41.1 Å². The van der Waals surface area contributed by atoms with Crippen molar-refractivity contribution in [1.82, 2.24) is 9.78 Å². The fraction of sp³-hybridized carbons (Fsp3) is 0.250. The van der Waals surface area contributed by atoms with E-state index in [1.165, 1.54) is 0 Å². The van der Waals surface area contributed by atoms with Crippen molar-refractivity contribution in [2.75, 3.05) is 23.0 Å². The first-order valence-corrected chi connectivity index (χ1v) is 11.4. The Morgan fingerprint density at radius 3 is 2.39 bits per heavy atom. The van der Waals surface area contributed by atoms with Gasteiger partial charge in [-0.1, -0.05) is 35.9 Å². The van der Waals surface area contributed by atoms with Gasteiger partial charge in [-0.25, -0.2) is 4.68 Å². The van der Waals surface area contributed by atoms with Gasteiger partial charge in [-0.3, -0.25) is 14.4 Å². The third-order valence-electron chi connectivity index (χ3n) is 4.58. The molecule has 0 radical (unpaired) electrons. The number of nitrogens with zero attached hydrogens (tertiary/aromatic N) is 2. The van der Waals surface area contributed by atoms with Gasteiger partial charge in [0.25, 0.3) is 5.91 Å². The molecule has 0 aliphatic carbocycles. The number of anilines is 2. The van der Waals surface area contributed by atoms with Crippen molar-refractivity contribution in [2.45, 2.75) is 26.0 Å². The van der Waals surface area contributed by atoms with Gasteiger partial charge in [0.1, 0.15) is 11.1 Å². The molecule has 0 aliphatic rings. The van der Waals surface area contributed by atoms with Crippen molar-refractivity contribution in [3.8, 4) is 5.69 Å². The maximum absolute atomic E-state index is 12.3. The molecule has 1 heterocycles. The van der Waals surface area contributed by atoms with Gasteiger partial charge in [0.15, 0.2) is 6.61 Å². The second-order valence-electron chi connectivity index (χ2n) is 7.44. The Balaban J connectivity index is 1.44. The summed E-state index contributed by atoms with van der Waals surface area (Å²) in [7, 11) is 0. The number of aromatic nitrogens is 2. The summed E-state index contributed by atoms with van der Waals surface area (Å²) in [6.07, 6.45) is 0. The molecule has 1 unspecified atom stereocenters. The topological polar surface area (TPSA) is 102 Å². The summed E-state index contributed by atoms with van der Waals surface area (Å²) in [6.45, 7) is 4.99. The lowest BCUT2D eigenvalue weighted by molar-refractivity contribution is -0.146. The van der Waals surface area contributed by atoms with Gasteiger partial charge in [-0.05, 0) is 45.0 Å². The zero-order valence-corrected chi connectivity index (χ0v) is 19.5. The van der Waals surface area contributed by atoms with E-state index in [9.17, 15) is 14.4 Å². The molecule has 0 bridgehead atoms. The number of rotatable bonds is 9. The van der Waals surface area contributed by atoms with E-state index in [0.717, 1.165) is 28.7 Å². The van der Waals surface area contributed by atoms with E-state index in [2.05, 4.69) is 15.7 Å². The van der Waals surface area contributed by atoms with E-state index >= 15 is 0 Å². The van der Waals surface area contributed by atoms with Gasteiger partial charge in [0.05, 0.1) is 17.1 Å². The highest BCUT2D eigenvalue weighted by Gasteiger charge is 2.19. The Morgan fingerprint density at radius 2 is 1.70 bits per heavy atom. The average Bonchev–Trinajstić information content (AvgIpc) is 3.17. The minimum absolute atomic E-state index is 0.0892. The first kappa shape index (κ1) is 24.1. The van der Waals surface area contributed by atoms with Gasteiger partial charge >= 0.3 is 5.97 Å². The first-order valence-electron chi connectivity index (χ1n) is 10.4. The van der Waals surface area contributed by atoms with Crippen LogP contribution >= 0.6 is 11.8 Å². The third kappa shape index (κ3) is 7.21. The van der Waals surface area contributed by atoms with Crippen LogP contribution in [0.2, 0.25) is 0 Å². The van der Waals surface area contributed by atoms with E-state index in [1.807, 2.05) is 68.4 Å². The average molecular weight is 467 g/mol. The Bertz CT molecular complexity index is 1110. The highest BCUT2D eigenvalue weighted by atomic mass is 32.2. The maximum atomic E-state index is 12.3. The molecule has 0 aliphatic heterocycles. The molecule has 9 heteroatoms. The Kier molecular flexibility index (Phi) is 8.26. The van der Waals surface area contributed by atoms with E-state index in [0.29, 0.717) is 11.5 Å². The normalized spacial score (nSPS) is 11.5. The summed E-state index contributed by atoms with van der Waals surface area (Å²) in [5.74, 6) is -0.687. The van der Waals surface area contributed by atoms with Crippen LogP contribution in [0, 0.1) is 13.8 Å². The van der Waals surface area contributed by atoms with E-state index in [4.69, 9.17) is 4.74 Å². The van der Waals surface area contributed by atoms with Crippen molar-refractivity contribution in [3.63, 3.8) is 0 Å². The number of aryl methyl sites for hydroxylation is 2. The zero-order valence-electron chi connectivity index (χ0n) is 18.7. The van der Waals surface area contributed by atoms with Gasteiger partial charge in [0, 0.05) is 11.8 Å². The van der Waals surface area contributed by atoms with E-state index < -0.39 is 23.7 Å². The maximum Gasteiger partial charge on any atom is 0.319 e. The number of nitrogens with one attached hydrogen (secondary N) is 2. The largest absolute Gasteiger partial charge is 0.455 e. The summed E-state index contributed by atoms with van der Waals surface area (Å²) in [6, 6.07) is 18.6. The van der Waals surface area contributed by atoms with Crippen molar-refractivity contribution in [3.05, 3.63) is 71.9 Å². The fourth-order valence-electron chi connectivity index (χ4n) is 2.89. The van der Waals surface area contributed by atoms with E-state index in [-0.39, 0.29) is 11.7 Å². The number of esters is 1. The lowest BCUT2D eigenvalue weighted by Gasteiger charge is -2.12. The second kappa shape index (κ2) is 11.3. The predicted octanol–water partition coefficient (Wildman–Crippen LogP) is 3.73. The molecular weight excluding hydrogens is 440 g/mol. The van der Waals surface area contributed by atoms with Crippen LogP contribution in [0.3, 0.4) is 0 Å². The fourth-order valence-corrected chi connectivity index (χ4v) is 3.57. The molecule has 8 nitrogen and oxygen atoms in total. The zero-order chi connectivity index (χ0) is 23.8. The van der Waals surface area contributed by atoms with Gasteiger partial charge in [-0.2, -0.15) is 5.10 Å². The van der Waals surface area contributed by atoms with Crippen LogP contribution in [0.25, 0.3) is 5.69 Å². The lowest BCUT2D eigenvalue weighted by Crippen LogP contribution is -2.26. The smallest absolute Gasteiger partial charge is 0.319 e. The minimum atomic E-state index is -0.598. The number of thioether (sulfide) groups is 1. The third-order valence-corrected chi connectivity index (χ3v) is 5.70. The molecule has 0 saturated heterocycles. The van der Waals surface area contributed by atoms with Gasteiger partial charge < -0.3 is 15.4 Å². The highest BCUT2D eigenvalue weighted by Crippen LogP contribution is 2.17. The van der Waals surface area contributed by atoms with Crippen molar-refractivity contribution < 1.29 is 19.1 Å². The number of para-hydroxylation sites is 1. The second-order valence-corrected chi connectivity index (χ2v) is 8.77. The molecular formula is C24H26N4O4S. The van der Waals surface area contributed by atoms with E-state index in [1.54, 1.807) is 17.7 Å². The molecule has 3 rings (SSSR count). The summed E-state index contributed by atoms with van der Waals surface area (Å²) >= 11 is 1.14. The molecule has 3 aromatic rings. The lowest BCUT2D eigenvalue weighted by atomic mass is 10.2. The molecule has 33 heavy (non-hydrogen) atoms. The summed E-state index contributed by atoms with van der Waals surface area (Å²) in [4.78, 5) is 36.6. The molecule has 1 atom stereocenters. The number of benzene rings is 2. The van der Waals surface area contributed by atoms with Crippen molar-refractivity contribution in [1.29, 1.82) is 0 Å². The molecule has 0 spiro atoms. The molecule has 2 aromatic carbocycles. The number of carbonyl (C=O) groups is 3. The standard InChI is InChI=1S/C24H26N4O4S/c1-16-9-11-19(12-10-16)25-23(30)15-33-18(3)24(31)32-14-22(29)26-21-13-17(2)27-28(21)20-7-5-4-6-8-20/h4-13,18H,14-15H2,1-3H3,(H,25,30)(H,26,29). The number of ether oxygens (including phenoxy) is 1. The number of hydrogen-bond acceptors (Lipinski definition) is 6.